The highest BCUT2D eigenvalue weighted by atomic mass is 16.2. The van der Waals surface area contributed by atoms with E-state index in [0.717, 1.165) is 31.2 Å². The maximum absolute atomic E-state index is 12.7. The van der Waals surface area contributed by atoms with E-state index in [1.165, 1.54) is 0 Å². The van der Waals surface area contributed by atoms with Crippen LogP contribution in [0.2, 0.25) is 0 Å². The van der Waals surface area contributed by atoms with Crippen molar-refractivity contribution in [2.45, 2.75) is 38.3 Å². The van der Waals surface area contributed by atoms with Gasteiger partial charge in [0.2, 0.25) is 0 Å². The SMILES string of the molecule is O=C(Nc1ccccc1C(=O)NC1CCCC1)c1cn(Cc2ccccc2)nn1. The van der Waals surface area contributed by atoms with Crippen molar-refractivity contribution in [3.8, 4) is 0 Å². The molecule has 4 rings (SSSR count). The van der Waals surface area contributed by atoms with Crippen molar-refractivity contribution in [3.05, 3.63) is 77.6 Å². The molecule has 0 unspecified atom stereocenters. The average molecular weight is 389 g/mol. The second-order valence-electron chi connectivity index (χ2n) is 7.24. The Morgan fingerprint density at radius 3 is 2.48 bits per heavy atom. The summed E-state index contributed by atoms with van der Waals surface area (Å²) in [6.07, 6.45) is 5.89. The Balaban J connectivity index is 1.44. The standard InChI is InChI=1S/C22H23N5O2/c28-21(23-17-10-4-5-11-17)18-12-6-7-13-19(18)24-22(29)20-15-27(26-25-20)14-16-8-2-1-3-9-16/h1-3,6-9,12-13,15,17H,4-5,10-11,14H2,(H,23,28)(H,24,29). The van der Waals surface area contributed by atoms with E-state index in [-0.39, 0.29) is 17.6 Å². The van der Waals surface area contributed by atoms with Crippen LogP contribution in [0.4, 0.5) is 5.69 Å². The number of carbonyl (C=O) groups excluding carboxylic acids is 2. The van der Waals surface area contributed by atoms with E-state index in [4.69, 9.17) is 0 Å². The molecule has 1 fully saturated rings. The number of rotatable bonds is 6. The Morgan fingerprint density at radius 1 is 0.966 bits per heavy atom. The minimum Gasteiger partial charge on any atom is -0.349 e. The molecule has 148 valence electrons. The summed E-state index contributed by atoms with van der Waals surface area (Å²) < 4.78 is 1.61. The molecule has 7 heteroatoms. The van der Waals surface area contributed by atoms with Crippen molar-refractivity contribution >= 4 is 17.5 Å². The fourth-order valence-electron chi connectivity index (χ4n) is 3.56. The van der Waals surface area contributed by atoms with Crippen molar-refractivity contribution in [1.29, 1.82) is 0 Å². The van der Waals surface area contributed by atoms with Crippen LogP contribution in [0.15, 0.2) is 60.8 Å². The second-order valence-corrected chi connectivity index (χ2v) is 7.24. The maximum Gasteiger partial charge on any atom is 0.277 e. The molecule has 29 heavy (non-hydrogen) atoms. The lowest BCUT2D eigenvalue weighted by atomic mass is 10.1. The van der Waals surface area contributed by atoms with Crippen LogP contribution in [0.25, 0.3) is 0 Å². The molecule has 1 saturated carbocycles. The zero-order valence-electron chi connectivity index (χ0n) is 16.0. The summed E-state index contributed by atoms with van der Waals surface area (Å²) in [7, 11) is 0. The minimum absolute atomic E-state index is 0.166. The van der Waals surface area contributed by atoms with Gasteiger partial charge in [0.1, 0.15) is 0 Å². The van der Waals surface area contributed by atoms with Gasteiger partial charge in [0.05, 0.1) is 24.0 Å². The van der Waals surface area contributed by atoms with Gasteiger partial charge in [-0.05, 0) is 30.5 Å². The summed E-state index contributed by atoms with van der Waals surface area (Å²) in [5.74, 6) is -0.564. The van der Waals surface area contributed by atoms with Gasteiger partial charge in [-0.25, -0.2) is 4.68 Å². The van der Waals surface area contributed by atoms with Crippen molar-refractivity contribution < 1.29 is 9.59 Å². The third-order valence-corrected chi connectivity index (χ3v) is 5.07. The van der Waals surface area contributed by atoms with Crippen LogP contribution in [0, 0.1) is 0 Å². The number of nitrogens with one attached hydrogen (secondary N) is 2. The average Bonchev–Trinajstić information content (AvgIpc) is 3.41. The predicted molar refractivity (Wildman–Crippen MR) is 110 cm³/mol. The Morgan fingerprint density at radius 2 is 1.69 bits per heavy atom. The van der Waals surface area contributed by atoms with Gasteiger partial charge in [0, 0.05) is 6.04 Å². The number of para-hydroxylation sites is 1. The number of carbonyl (C=O) groups is 2. The van der Waals surface area contributed by atoms with E-state index in [1.807, 2.05) is 30.3 Å². The largest absolute Gasteiger partial charge is 0.349 e. The van der Waals surface area contributed by atoms with Crippen LogP contribution in [0.3, 0.4) is 0 Å². The van der Waals surface area contributed by atoms with Crippen LogP contribution in [0.5, 0.6) is 0 Å². The van der Waals surface area contributed by atoms with Crippen LogP contribution in [-0.4, -0.2) is 32.9 Å². The van der Waals surface area contributed by atoms with Crippen molar-refractivity contribution in [2.24, 2.45) is 0 Å². The lowest BCUT2D eigenvalue weighted by molar-refractivity contribution is 0.0939. The predicted octanol–water partition coefficient (Wildman–Crippen LogP) is 3.25. The Hall–Kier alpha value is -3.48. The molecule has 1 aliphatic rings. The first-order chi connectivity index (χ1) is 14.2. The van der Waals surface area contributed by atoms with Gasteiger partial charge in [-0.3, -0.25) is 9.59 Å². The maximum atomic E-state index is 12.7. The number of hydrogen-bond donors (Lipinski definition) is 2. The summed E-state index contributed by atoms with van der Waals surface area (Å²) in [6, 6.07) is 17.0. The molecule has 0 radical (unpaired) electrons. The summed E-state index contributed by atoms with van der Waals surface area (Å²) in [5.41, 5.74) is 2.18. The van der Waals surface area contributed by atoms with Crippen LogP contribution in [-0.2, 0) is 6.54 Å². The lowest BCUT2D eigenvalue weighted by Crippen LogP contribution is -2.33. The van der Waals surface area contributed by atoms with Gasteiger partial charge >= 0.3 is 0 Å². The zero-order valence-corrected chi connectivity index (χ0v) is 16.0. The Labute approximate surface area is 169 Å². The number of hydrogen-bond acceptors (Lipinski definition) is 4. The molecule has 7 nitrogen and oxygen atoms in total. The normalized spacial score (nSPS) is 13.9. The number of anilines is 1. The van der Waals surface area contributed by atoms with Crippen molar-refractivity contribution in [1.82, 2.24) is 20.3 Å². The van der Waals surface area contributed by atoms with Gasteiger partial charge in [-0.15, -0.1) is 5.10 Å². The summed E-state index contributed by atoms with van der Waals surface area (Å²) in [5, 5.41) is 13.8. The van der Waals surface area contributed by atoms with E-state index in [0.29, 0.717) is 17.8 Å². The molecule has 2 N–H and O–H groups in total. The lowest BCUT2D eigenvalue weighted by Gasteiger charge is -2.14. The van der Waals surface area contributed by atoms with Crippen LogP contribution < -0.4 is 10.6 Å². The van der Waals surface area contributed by atoms with E-state index >= 15 is 0 Å². The molecule has 0 saturated heterocycles. The number of amides is 2. The molecule has 0 bridgehead atoms. The quantitative estimate of drug-likeness (QED) is 0.677. The topological polar surface area (TPSA) is 88.9 Å². The zero-order chi connectivity index (χ0) is 20.1. The van der Waals surface area contributed by atoms with Gasteiger partial charge in [0.25, 0.3) is 11.8 Å². The monoisotopic (exact) mass is 389 g/mol. The molecule has 3 aromatic rings. The van der Waals surface area contributed by atoms with Gasteiger partial charge in [-0.1, -0.05) is 60.5 Å². The van der Waals surface area contributed by atoms with Crippen molar-refractivity contribution in [3.63, 3.8) is 0 Å². The fourth-order valence-corrected chi connectivity index (χ4v) is 3.56. The van der Waals surface area contributed by atoms with Gasteiger partial charge < -0.3 is 10.6 Å². The third kappa shape index (κ3) is 4.68. The van der Waals surface area contributed by atoms with Crippen LogP contribution in [0.1, 0.15) is 52.1 Å². The molecule has 0 atom stereocenters. The molecule has 0 aliphatic heterocycles. The Bertz CT molecular complexity index is 993. The molecule has 2 aromatic carbocycles. The summed E-state index contributed by atoms with van der Waals surface area (Å²) >= 11 is 0. The number of aromatic nitrogens is 3. The first kappa shape index (κ1) is 18.9. The summed E-state index contributed by atoms with van der Waals surface area (Å²) in [4.78, 5) is 25.3. The van der Waals surface area contributed by atoms with Crippen LogP contribution >= 0.6 is 0 Å². The summed E-state index contributed by atoms with van der Waals surface area (Å²) in [6.45, 7) is 0.529. The molecule has 2 amide bonds. The van der Waals surface area contributed by atoms with Gasteiger partial charge in [0.15, 0.2) is 5.69 Å². The highest BCUT2D eigenvalue weighted by Crippen LogP contribution is 2.20. The smallest absolute Gasteiger partial charge is 0.277 e. The molecule has 1 heterocycles. The number of benzene rings is 2. The Kier molecular flexibility index (Phi) is 5.65. The first-order valence-electron chi connectivity index (χ1n) is 9.84. The number of nitrogens with zero attached hydrogens (tertiary/aromatic N) is 3. The molecule has 1 aliphatic carbocycles. The van der Waals surface area contributed by atoms with E-state index in [9.17, 15) is 9.59 Å². The highest BCUT2D eigenvalue weighted by molar-refractivity contribution is 6.08. The van der Waals surface area contributed by atoms with E-state index in [2.05, 4.69) is 20.9 Å². The fraction of sp³-hybridized carbons (Fsp3) is 0.273. The van der Waals surface area contributed by atoms with E-state index < -0.39 is 5.91 Å². The van der Waals surface area contributed by atoms with Gasteiger partial charge in [-0.2, -0.15) is 0 Å². The molecular formula is C22H23N5O2. The minimum atomic E-state index is -0.398. The highest BCUT2D eigenvalue weighted by Gasteiger charge is 2.21. The molecular weight excluding hydrogens is 366 g/mol. The first-order valence-corrected chi connectivity index (χ1v) is 9.84. The second kappa shape index (κ2) is 8.68. The van der Waals surface area contributed by atoms with E-state index in [1.54, 1.807) is 35.1 Å². The van der Waals surface area contributed by atoms with Crippen molar-refractivity contribution in [2.75, 3.05) is 5.32 Å². The third-order valence-electron chi connectivity index (χ3n) is 5.07. The molecule has 0 spiro atoms. The molecule has 1 aromatic heterocycles.